The van der Waals surface area contributed by atoms with E-state index >= 15 is 0 Å². The molecule has 1 aliphatic rings. The molecule has 132 valence electrons. The van der Waals surface area contributed by atoms with Crippen LogP contribution in [0.1, 0.15) is 40.9 Å². The molecule has 0 spiro atoms. The van der Waals surface area contributed by atoms with Crippen LogP contribution < -0.4 is 10.1 Å². The molecular formula is C20H22ClNO3. The quantitative estimate of drug-likeness (QED) is 0.755. The van der Waals surface area contributed by atoms with Gasteiger partial charge in [-0.2, -0.15) is 0 Å². The number of fused-ring (bicyclic) bond motifs is 1. The third-order valence-corrected chi connectivity index (χ3v) is 4.54. The minimum atomic E-state index is -0.125. The molecule has 4 nitrogen and oxygen atoms in total. The van der Waals surface area contributed by atoms with Crippen LogP contribution in [0.3, 0.4) is 0 Å². The van der Waals surface area contributed by atoms with E-state index in [-0.39, 0.29) is 11.9 Å². The lowest BCUT2D eigenvalue weighted by molar-refractivity contribution is 0.0920. The summed E-state index contributed by atoms with van der Waals surface area (Å²) < 4.78 is 11.0. The van der Waals surface area contributed by atoms with E-state index in [1.165, 1.54) is 5.56 Å². The van der Waals surface area contributed by atoms with Crippen LogP contribution in [-0.4, -0.2) is 25.7 Å². The number of carbonyl (C=O) groups excluding carboxylic acids is 1. The van der Waals surface area contributed by atoms with Crippen molar-refractivity contribution in [3.8, 4) is 5.75 Å². The number of aryl methyl sites for hydroxylation is 1. The van der Waals surface area contributed by atoms with E-state index in [0.29, 0.717) is 31.1 Å². The number of halogens is 1. The van der Waals surface area contributed by atoms with Gasteiger partial charge >= 0.3 is 0 Å². The molecule has 0 heterocycles. The summed E-state index contributed by atoms with van der Waals surface area (Å²) in [6.45, 7) is 3.51. The Balaban J connectivity index is 1.68. The summed E-state index contributed by atoms with van der Waals surface area (Å²) in [5.74, 6) is 0.453. The summed E-state index contributed by atoms with van der Waals surface area (Å²) in [6.07, 6.45) is 1.81. The van der Waals surface area contributed by atoms with Gasteiger partial charge < -0.3 is 14.8 Å². The molecule has 0 fully saturated rings. The maximum atomic E-state index is 12.7. The number of hydrogen-bond acceptors (Lipinski definition) is 3. The van der Waals surface area contributed by atoms with Crippen molar-refractivity contribution in [2.45, 2.75) is 25.8 Å². The second-order valence-electron chi connectivity index (χ2n) is 5.95. The van der Waals surface area contributed by atoms with E-state index in [0.717, 1.165) is 23.4 Å². The predicted octanol–water partition coefficient (Wildman–Crippen LogP) is 4.17. The monoisotopic (exact) mass is 359 g/mol. The van der Waals surface area contributed by atoms with Crippen molar-refractivity contribution in [1.29, 1.82) is 0 Å². The fourth-order valence-corrected chi connectivity index (χ4v) is 3.30. The zero-order chi connectivity index (χ0) is 17.6. The lowest BCUT2D eigenvalue weighted by Crippen LogP contribution is -2.27. The largest absolute Gasteiger partial charge is 0.490 e. The van der Waals surface area contributed by atoms with Gasteiger partial charge in [0, 0.05) is 11.6 Å². The first kappa shape index (κ1) is 17.8. The van der Waals surface area contributed by atoms with E-state index in [1.54, 1.807) is 6.07 Å². The van der Waals surface area contributed by atoms with Crippen molar-refractivity contribution in [2.24, 2.45) is 0 Å². The molecule has 0 aliphatic heterocycles. The van der Waals surface area contributed by atoms with Gasteiger partial charge in [-0.3, -0.25) is 4.79 Å². The Hall–Kier alpha value is -2.04. The maximum Gasteiger partial charge on any atom is 0.255 e. The van der Waals surface area contributed by atoms with Crippen molar-refractivity contribution >= 4 is 17.5 Å². The number of para-hydroxylation sites is 1. The minimum Gasteiger partial charge on any atom is -0.490 e. The van der Waals surface area contributed by atoms with Crippen molar-refractivity contribution in [3.63, 3.8) is 0 Å². The van der Waals surface area contributed by atoms with E-state index in [4.69, 9.17) is 21.1 Å². The van der Waals surface area contributed by atoms with Gasteiger partial charge in [0.05, 0.1) is 18.2 Å². The average molecular weight is 360 g/mol. The first-order chi connectivity index (χ1) is 12.2. The van der Waals surface area contributed by atoms with Gasteiger partial charge in [-0.1, -0.05) is 29.8 Å². The number of rotatable bonds is 7. The summed E-state index contributed by atoms with van der Waals surface area (Å²) in [6, 6.07) is 13.2. The smallest absolute Gasteiger partial charge is 0.255 e. The lowest BCUT2D eigenvalue weighted by atomic mass is 10.1. The van der Waals surface area contributed by atoms with Gasteiger partial charge in [0.15, 0.2) is 0 Å². The molecule has 1 N–H and O–H groups in total. The Morgan fingerprint density at radius 3 is 2.92 bits per heavy atom. The standard InChI is InChI=1S/C20H22ClNO3/c1-2-24-11-12-25-19-6-4-3-5-17(19)20(23)22-18-10-7-14-13-15(21)8-9-16(14)18/h3-6,8-9,13,18H,2,7,10-12H2,1H3,(H,22,23). The van der Waals surface area contributed by atoms with Crippen LogP contribution in [0, 0.1) is 0 Å². The number of carbonyl (C=O) groups is 1. The van der Waals surface area contributed by atoms with Crippen LogP contribution in [0.15, 0.2) is 42.5 Å². The zero-order valence-electron chi connectivity index (χ0n) is 14.3. The molecule has 1 unspecified atom stereocenters. The van der Waals surface area contributed by atoms with Crippen LogP contribution in [0.25, 0.3) is 0 Å². The molecule has 0 bridgehead atoms. The van der Waals surface area contributed by atoms with E-state index in [1.807, 2.05) is 43.3 Å². The van der Waals surface area contributed by atoms with E-state index in [2.05, 4.69) is 5.32 Å². The van der Waals surface area contributed by atoms with Crippen LogP contribution in [0.4, 0.5) is 0 Å². The van der Waals surface area contributed by atoms with Crippen molar-refractivity contribution < 1.29 is 14.3 Å². The highest BCUT2D eigenvalue weighted by Crippen LogP contribution is 2.33. The van der Waals surface area contributed by atoms with Crippen molar-refractivity contribution in [1.82, 2.24) is 5.32 Å². The first-order valence-electron chi connectivity index (χ1n) is 8.57. The second kappa shape index (κ2) is 8.37. The van der Waals surface area contributed by atoms with Crippen molar-refractivity contribution in [2.75, 3.05) is 19.8 Å². The molecule has 0 saturated carbocycles. The number of ether oxygens (including phenoxy) is 2. The van der Waals surface area contributed by atoms with Crippen LogP contribution >= 0.6 is 11.6 Å². The summed E-state index contributed by atoms with van der Waals surface area (Å²) in [5.41, 5.74) is 2.90. The van der Waals surface area contributed by atoms with E-state index < -0.39 is 0 Å². The molecule has 0 radical (unpaired) electrons. The number of amides is 1. The van der Waals surface area contributed by atoms with Gasteiger partial charge in [0.25, 0.3) is 5.91 Å². The van der Waals surface area contributed by atoms with Gasteiger partial charge in [-0.25, -0.2) is 0 Å². The summed E-state index contributed by atoms with van der Waals surface area (Å²) in [5, 5.41) is 3.85. The highest BCUT2D eigenvalue weighted by molar-refractivity contribution is 6.30. The Morgan fingerprint density at radius 2 is 2.08 bits per heavy atom. The highest BCUT2D eigenvalue weighted by atomic mass is 35.5. The molecule has 1 aliphatic carbocycles. The molecule has 0 saturated heterocycles. The summed E-state index contributed by atoms with van der Waals surface area (Å²) in [7, 11) is 0. The second-order valence-corrected chi connectivity index (χ2v) is 6.39. The topological polar surface area (TPSA) is 47.6 Å². The number of nitrogens with one attached hydrogen (secondary N) is 1. The molecule has 1 atom stereocenters. The lowest BCUT2D eigenvalue weighted by Gasteiger charge is -2.16. The Bertz CT molecular complexity index is 747. The molecule has 5 heteroatoms. The molecule has 3 rings (SSSR count). The molecule has 0 aromatic heterocycles. The zero-order valence-corrected chi connectivity index (χ0v) is 15.0. The van der Waals surface area contributed by atoms with E-state index in [9.17, 15) is 4.79 Å². The fraction of sp³-hybridized carbons (Fsp3) is 0.350. The predicted molar refractivity (Wildman–Crippen MR) is 98.4 cm³/mol. The Labute approximate surface area is 153 Å². The van der Waals surface area contributed by atoms with Crippen LogP contribution in [-0.2, 0) is 11.2 Å². The molecule has 1 amide bonds. The van der Waals surface area contributed by atoms with Crippen molar-refractivity contribution in [3.05, 3.63) is 64.2 Å². The molecule has 2 aromatic rings. The normalized spacial score (nSPS) is 15.7. The Morgan fingerprint density at radius 1 is 1.24 bits per heavy atom. The molecule has 2 aromatic carbocycles. The maximum absolute atomic E-state index is 12.7. The fourth-order valence-electron chi connectivity index (χ4n) is 3.11. The summed E-state index contributed by atoms with van der Waals surface area (Å²) in [4.78, 5) is 12.7. The van der Waals surface area contributed by atoms with Gasteiger partial charge in [-0.05, 0) is 55.2 Å². The van der Waals surface area contributed by atoms with Crippen LogP contribution in [0.2, 0.25) is 5.02 Å². The first-order valence-corrected chi connectivity index (χ1v) is 8.95. The minimum absolute atomic E-state index is 0.0104. The molecule has 25 heavy (non-hydrogen) atoms. The third kappa shape index (κ3) is 4.33. The third-order valence-electron chi connectivity index (χ3n) is 4.31. The van der Waals surface area contributed by atoms with Gasteiger partial charge in [0.1, 0.15) is 12.4 Å². The SMILES string of the molecule is CCOCCOc1ccccc1C(=O)NC1CCc2cc(Cl)ccc21. The summed E-state index contributed by atoms with van der Waals surface area (Å²) >= 11 is 6.05. The Kier molecular flexibility index (Phi) is 5.95. The highest BCUT2D eigenvalue weighted by Gasteiger charge is 2.25. The number of benzene rings is 2. The average Bonchev–Trinajstić information content (AvgIpc) is 3.01. The van der Waals surface area contributed by atoms with Gasteiger partial charge in [-0.15, -0.1) is 0 Å². The number of hydrogen-bond donors (Lipinski definition) is 1. The van der Waals surface area contributed by atoms with Gasteiger partial charge in [0.2, 0.25) is 0 Å². The van der Waals surface area contributed by atoms with Crippen LogP contribution in [0.5, 0.6) is 5.75 Å². The molecular weight excluding hydrogens is 338 g/mol.